The van der Waals surface area contributed by atoms with Crippen molar-refractivity contribution >= 4 is 39.3 Å². The zero-order chi connectivity index (χ0) is 19.3. The molecule has 2 heterocycles. The second kappa shape index (κ2) is 9.14. The molecule has 1 aliphatic heterocycles. The van der Waals surface area contributed by atoms with Gasteiger partial charge >= 0.3 is 0 Å². The molecular formula is C18H21ClN2O4S2. The first kappa shape index (κ1) is 20.3. The summed E-state index contributed by atoms with van der Waals surface area (Å²) in [6.07, 6.45) is 3.31. The van der Waals surface area contributed by atoms with E-state index < -0.39 is 10.0 Å². The lowest BCUT2D eigenvalue weighted by Gasteiger charge is -2.17. The average Bonchev–Trinajstić information content (AvgIpc) is 3.35. The molecule has 1 saturated heterocycles. The Morgan fingerprint density at radius 2 is 2.04 bits per heavy atom. The summed E-state index contributed by atoms with van der Waals surface area (Å²) in [4.78, 5) is 12.3. The van der Waals surface area contributed by atoms with Crippen LogP contribution in [0.5, 0.6) is 0 Å². The summed E-state index contributed by atoms with van der Waals surface area (Å²) in [6.45, 7) is 1.45. The number of carbonyl (C=O) groups is 1. The molecule has 6 nitrogen and oxygen atoms in total. The predicted octanol–water partition coefficient (Wildman–Crippen LogP) is 3.38. The second-order valence-electron chi connectivity index (χ2n) is 6.14. The van der Waals surface area contributed by atoms with Crippen molar-refractivity contribution < 1.29 is 17.6 Å². The number of sulfonamides is 1. The fourth-order valence-electron chi connectivity index (χ4n) is 2.82. The molecule has 1 aromatic heterocycles. The highest BCUT2D eigenvalue weighted by Gasteiger charge is 2.29. The number of nitrogens with one attached hydrogen (secondary N) is 1. The lowest BCUT2D eigenvalue weighted by atomic mass is 10.2. The minimum absolute atomic E-state index is 0.00842. The number of hydrogen-bond donors (Lipinski definition) is 1. The number of nitrogens with zero attached hydrogens (tertiary/aromatic N) is 1. The third kappa shape index (κ3) is 5.07. The maximum Gasteiger partial charge on any atom is 0.251 e. The smallest absolute Gasteiger partial charge is 0.251 e. The highest BCUT2D eigenvalue weighted by atomic mass is 35.5. The van der Waals surface area contributed by atoms with Crippen LogP contribution in [0, 0.1) is 0 Å². The van der Waals surface area contributed by atoms with E-state index in [1.807, 2.05) is 12.1 Å². The van der Waals surface area contributed by atoms with Gasteiger partial charge in [-0.3, -0.25) is 4.79 Å². The van der Waals surface area contributed by atoms with E-state index in [2.05, 4.69) is 5.32 Å². The first-order valence-corrected chi connectivity index (χ1v) is 11.6. The molecule has 27 heavy (non-hydrogen) atoms. The zero-order valence-corrected chi connectivity index (χ0v) is 17.1. The van der Waals surface area contributed by atoms with Gasteiger partial charge in [-0.25, -0.2) is 8.42 Å². The Hall–Kier alpha value is -1.48. The van der Waals surface area contributed by atoms with Gasteiger partial charge in [0, 0.05) is 31.0 Å². The van der Waals surface area contributed by atoms with Crippen molar-refractivity contribution in [2.45, 2.75) is 23.5 Å². The number of carbonyl (C=O) groups excluding carboxylic acids is 1. The number of hydrogen-bond acceptors (Lipinski definition) is 5. The average molecular weight is 429 g/mol. The van der Waals surface area contributed by atoms with E-state index in [0.29, 0.717) is 19.6 Å². The van der Waals surface area contributed by atoms with E-state index in [0.717, 1.165) is 30.1 Å². The number of amides is 1. The first-order chi connectivity index (χ1) is 13.0. The number of thioether (sulfide) groups is 1. The summed E-state index contributed by atoms with van der Waals surface area (Å²) in [5.41, 5.74) is 0.285. The van der Waals surface area contributed by atoms with Crippen LogP contribution in [0.4, 0.5) is 0 Å². The molecule has 0 atom stereocenters. The second-order valence-corrected chi connectivity index (χ2v) is 9.56. The summed E-state index contributed by atoms with van der Waals surface area (Å²) < 4.78 is 32.1. The van der Waals surface area contributed by atoms with Crippen LogP contribution in [0.3, 0.4) is 0 Å². The maximum atomic E-state index is 12.7. The number of furan rings is 1. The van der Waals surface area contributed by atoms with E-state index in [4.69, 9.17) is 16.0 Å². The molecule has 1 N–H and O–H groups in total. The van der Waals surface area contributed by atoms with Crippen LogP contribution >= 0.6 is 23.4 Å². The molecule has 0 spiro atoms. The first-order valence-electron chi connectivity index (χ1n) is 8.66. The van der Waals surface area contributed by atoms with Gasteiger partial charge < -0.3 is 9.73 Å². The van der Waals surface area contributed by atoms with Crippen LogP contribution in [0.25, 0.3) is 0 Å². The quantitative estimate of drug-likeness (QED) is 0.652. The predicted molar refractivity (Wildman–Crippen MR) is 107 cm³/mol. The Morgan fingerprint density at radius 1 is 1.26 bits per heavy atom. The topological polar surface area (TPSA) is 79.6 Å². The Bertz CT molecular complexity index is 879. The van der Waals surface area contributed by atoms with Crippen LogP contribution in [0.1, 0.15) is 29.0 Å². The van der Waals surface area contributed by atoms with Gasteiger partial charge in [0.2, 0.25) is 10.0 Å². The molecule has 9 heteroatoms. The van der Waals surface area contributed by atoms with Crippen molar-refractivity contribution in [3.63, 3.8) is 0 Å². The molecule has 1 amide bonds. The minimum atomic E-state index is -3.67. The maximum absolute atomic E-state index is 12.7. The van der Waals surface area contributed by atoms with Crippen LogP contribution in [0.2, 0.25) is 5.02 Å². The van der Waals surface area contributed by atoms with E-state index in [1.165, 1.54) is 22.5 Å². The van der Waals surface area contributed by atoms with Crippen LogP contribution in [-0.4, -0.2) is 44.0 Å². The summed E-state index contributed by atoms with van der Waals surface area (Å²) in [5, 5.41) is 2.94. The van der Waals surface area contributed by atoms with Crippen molar-refractivity contribution in [2.24, 2.45) is 0 Å². The van der Waals surface area contributed by atoms with Gasteiger partial charge in [-0.05, 0) is 43.2 Å². The Morgan fingerprint density at radius 3 is 2.74 bits per heavy atom. The molecule has 2 aromatic rings. The van der Waals surface area contributed by atoms with Crippen LogP contribution in [-0.2, 0) is 15.8 Å². The molecule has 0 saturated carbocycles. The van der Waals surface area contributed by atoms with Crippen LogP contribution in [0.15, 0.2) is 45.9 Å². The molecule has 0 aliphatic carbocycles. The molecule has 0 bridgehead atoms. The molecule has 1 fully saturated rings. The highest BCUT2D eigenvalue weighted by Crippen LogP contribution is 2.28. The van der Waals surface area contributed by atoms with E-state index in [-0.39, 0.29) is 21.4 Å². The fourth-order valence-corrected chi connectivity index (χ4v) is 5.59. The Kier molecular flexibility index (Phi) is 6.86. The number of rotatable bonds is 8. The van der Waals surface area contributed by atoms with Gasteiger partial charge in [0.15, 0.2) is 0 Å². The third-order valence-corrected chi connectivity index (χ3v) is 7.59. The molecule has 0 unspecified atom stereocenters. The molecular weight excluding hydrogens is 408 g/mol. The molecule has 3 rings (SSSR count). The SMILES string of the molecule is O=C(NCCSCc1ccco1)c1ccc(Cl)c(S(=O)(=O)N2CCCC2)c1. The van der Waals surface area contributed by atoms with Crippen molar-refractivity contribution in [3.05, 3.63) is 52.9 Å². The lowest BCUT2D eigenvalue weighted by Crippen LogP contribution is -2.29. The minimum Gasteiger partial charge on any atom is -0.468 e. The Balaban J connectivity index is 1.58. The normalized spacial score (nSPS) is 15.1. The molecule has 0 radical (unpaired) electrons. The Labute approximate surface area is 168 Å². The van der Waals surface area contributed by atoms with Gasteiger partial charge in [0.05, 0.1) is 17.0 Å². The van der Waals surface area contributed by atoms with Gasteiger partial charge in [0.25, 0.3) is 5.91 Å². The van der Waals surface area contributed by atoms with E-state index in [9.17, 15) is 13.2 Å². The zero-order valence-electron chi connectivity index (χ0n) is 14.7. The highest BCUT2D eigenvalue weighted by molar-refractivity contribution is 7.98. The number of halogens is 1. The van der Waals surface area contributed by atoms with Crippen molar-refractivity contribution in [3.8, 4) is 0 Å². The monoisotopic (exact) mass is 428 g/mol. The standard InChI is InChI=1S/C18H21ClN2O4S2/c19-16-6-5-14(12-17(16)27(23,24)21-8-1-2-9-21)18(22)20-7-11-26-13-15-4-3-10-25-15/h3-6,10,12H,1-2,7-9,11,13H2,(H,20,22). The summed E-state index contributed by atoms with van der Waals surface area (Å²) in [7, 11) is -3.67. The molecule has 1 aliphatic rings. The van der Waals surface area contributed by atoms with Crippen molar-refractivity contribution in [2.75, 3.05) is 25.4 Å². The molecule has 146 valence electrons. The molecule has 1 aromatic carbocycles. The van der Waals surface area contributed by atoms with Gasteiger partial charge in [0.1, 0.15) is 10.7 Å². The van der Waals surface area contributed by atoms with E-state index in [1.54, 1.807) is 18.0 Å². The van der Waals surface area contributed by atoms with Gasteiger partial charge in [-0.1, -0.05) is 11.6 Å². The van der Waals surface area contributed by atoms with Gasteiger partial charge in [-0.2, -0.15) is 16.1 Å². The van der Waals surface area contributed by atoms with Crippen LogP contribution < -0.4 is 5.32 Å². The largest absolute Gasteiger partial charge is 0.468 e. The number of benzene rings is 1. The lowest BCUT2D eigenvalue weighted by molar-refractivity contribution is 0.0956. The van der Waals surface area contributed by atoms with Gasteiger partial charge in [-0.15, -0.1) is 0 Å². The third-order valence-electron chi connectivity index (χ3n) is 4.23. The van der Waals surface area contributed by atoms with E-state index >= 15 is 0 Å². The van der Waals surface area contributed by atoms with Crippen molar-refractivity contribution in [1.29, 1.82) is 0 Å². The summed E-state index contributed by atoms with van der Waals surface area (Å²) in [6, 6.07) is 8.11. The van der Waals surface area contributed by atoms with Crippen molar-refractivity contribution in [1.82, 2.24) is 9.62 Å². The summed E-state index contributed by atoms with van der Waals surface area (Å²) in [5.74, 6) is 2.03. The fraction of sp³-hybridized carbons (Fsp3) is 0.389. The summed E-state index contributed by atoms with van der Waals surface area (Å²) >= 11 is 7.75.